The molecule has 0 atom stereocenters. The van der Waals surface area contributed by atoms with Crippen molar-refractivity contribution in [2.45, 2.75) is 20.4 Å². The summed E-state index contributed by atoms with van der Waals surface area (Å²) < 4.78 is 4.94. The molecule has 2 aromatic rings. The largest absolute Gasteiger partial charge is 0.338 e. The molecule has 0 amide bonds. The number of nitrogens with two attached hydrogens (primary N) is 1. The number of hydrogen-bond acceptors (Lipinski definition) is 5. The molecule has 0 aliphatic rings. The quantitative estimate of drug-likeness (QED) is 0.844. The minimum absolute atomic E-state index is 0.211. The van der Waals surface area contributed by atoms with Gasteiger partial charge in [0.25, 0.3) is 0 Å². The van der Waals surface area contributed by atoms with Crippen LogP contribution in [0.25, 0.3) is 11.4 Å². The molecule has 1 aromatic carbocycles. The number of aromatic nitrogens is 2. The molecule has 0 saturated carbocycles. The van der Waals surface area contributed by atoms with E-state index in [1.54, 1.807) is 6.07 Å². The van der Waals surface area contributed by atoms with Gasteiger partial charge in [-0.05, 0) is 37.1 Å². The lowest BCUT2D eigenvalue weighted by Gasteiger charge is -2.04. The van der Waals surface area contributed by atoms with E-state index in [2.05, 4.69) is 16.2 Å². The van der Waals surface area contributed by atoms with Gasteiger partial charge >= 0.3 is 0 Å². The van der Waals surface area contributed by atoms with E-state index in [4.69, 9.17) is 15.5 Å². The summed E-state index contributed by atoms with van der Waals surface area (Å²) >= 11 is 0. The first-order chi connectivity index (χ1) is 8.15. The van der Waals surface area contributed by atoms with Crippen molar-refractivity contribution < 1.29 is 4.52 Å². The molecular weight excluding hydrogens is 216 g/mol. The van der Waals surface area contributed by atoms with E-state index >= 15 is 0 Å². The fraction of sp³-hybridized carbons (Fsp3) is 0.250. The zero-order chi connectivity index (χ0) is 12.4. The minimum atomic E-state index is 0.211. The summed E-state index contributed by atoms with van der Waals surface area (Å²) in [7, 11) is 0. The summed E-state index contributed by atoms with van der Waals surface area (Å²) in [5.41, 5.74) is 8.80. The normalized spacial score (nSPS) is 10.2. The van der Waals surface area contributed by atoms with Gasteiger partial charge in [0.2, 0.25) is 11.7 Å². The molecule has 0 spiro atoms. The highest BCUT2D eigenvalue weighted by Gasteiger charge is 2.11. The van der Waals surface area contributed by atoms with Crippen LogP contribution in [0.15, 0.2) is 16.7 Å². The Balaban J connectivity index is 2.53. The van der Waals surface area contributed by atoms with Crippen molar-refractivity contribution in [1.29, 1.82) is 5.26 Å². The summed E-state index contributed by atoms with van der Waals surface area (Å²) in [5, 5.41) is 12.9. The average molecular weight is 228 g/mol. The standard InChI is InChI=1S/C12H12N4O/c1-7-3-9(4-10(5-13)8(7)2)12-15-11(6-14)17-16-12/h3-4H,6,14H2,1-2H3. The van der Waals surface area contributed by atoms with Crippen LogP contribution in [0.5, 0.6) is 0 Å². The van der Waals surface area contributed by atoms with Crippen molar-refractivity contribution in [2.75, 3.05) is 0 Å². The summed E-state index contributed by atoms with van der Waals surface area (Å²) in [4.78, 5) is 4.13. The monoisotopic (exact) mass is 228 g/mol. The Labute approximate surface area is 98.9 Å². The Kier molecular flexibility index (Phi) is 2.90. The first-order valence-corrected chi connectivity index (χ1v) is 5.20. The number of aryl methyl sites for hydroxylation is 1. The lowest BCUT2D eigenvalue weighted by Crippen LogP contribution is -1.96. The van der Waals surface area contributed by atoms with Gasteiger partial charge in [0.1, 0.15) is 0 Å². The fourth-order valence-corrected chi connectivity index (χ4v) is 1.56. The van der Waals surface area contributed by atoms with Crippen molar-refractivity contribution in [2.24, 2.45) is 5.73 Å². The van der Waals surface area contributed by atoms with Crippen molar-refractivity contribution in [3.05, 3.63) is 34.7 Å². The van der Waals surface area contributed by atoms with Crippen LogP contribution in [-0.2, 0) is 6.54 Å². The molecule has 0 radical (unpaired) electrons. The molecule has 17 heavy (non-hydrogen) atoms. The Morgan fingerprint density at radius 3 is 2.76 bits per heavy atom. The zero-order valence-electron chi connectivity index (χ0n) is 9.69. The summed E-state index contributed by atoms with van der Waals surface area (Å²) in [6.07, 6.45) is 0. The molecule has 0 aliphatic heterocycles. The average Bonchev–Trinajstić information content (AvgIpc) is 2.81. The van der Waals surface area contributed by atoms with E-state index in [0.29, 0.717) is 17.3 Å². The van der Waals surface area contributed by atoms with E-state index in [9.17, 15) is 0 Å². The van der Waals surface area contributed by atoms with E-state index in [1.807, 2.05) is 19.9 Å². The predicted octanol–water partition coefficient (Wildman–Crippen LogP) is 1.68. The number of nitrogens with zero attached hydrogens (tertiary/aromatic N) is 3. The highest BCUT2D eigenvalue weighted by molar-refractivity contribution is 5.61. The number of rotatable bonds is 2. The molecule has 0 bridgehead atoms. The van der Waals surface area contributed by atoms with E-state index < -0.39 is 0 Å². The van der Waals surface area contributed by atoms with Crippen LogP contribution in [0.2, 0.25) is 0 Å². The number of hydrogen-bond donors (Lipinski definition) is 1. The molecule has 1 aromatic heterocycles. The van der Waals surface area contributed by atoms with Gasteiger partial charge in [0, 0.05) is 5.56 Å². The van der Waals surface area contributed by atoms with Gasteiger partial charge < -0.3 is 10.3 Å². The molecule has 5 nitrogen and oxygen atoms in total. The van der Waals surface area contributed by atoms with Crippen LogP contribution in [0.4, 0.5) is 0 Å². The van der Waals surface area contributed by atoms with E-state index in [-0.39, 0.29) is 6.54 Å². The first kappa shape index (κ1) is 11.3. The van der Waals surface area contributed by atoms with Crippen molar-refractivity contribution in [1.82, 2.24) is 10.1 Å². The molecule has 0 saturated heterocycles. The minimum Gasteiger partial charge on any atom is -0.338 e. The van der Waals surface area contributed by atoms with E-state index in [1.165, 1.54) is 0 Å². The molecule has 0 aliphatic carbocycles. The zero-order valence-corrected chi connectivity index (χ0v) is 9.69. The maximum absolute atomic E-state index is 9.03. The maximum Gasteiger partial charge on any atom is 0.240 e. The molecule has 86 valence electrons. The van der Waals surface area contributed by atoms with Crippen molar-refractivity contribution >= 4 is 0 Å². The van der Waals surface area contributed by atoms with Crippen molar-refractivity contribution in [3.8, 4) is 17.5 Å². The molecule has 2 rings (SSSR count). The van der Waals surface area contributed by atoms with Crippen LogP contribution < -0.4 is 5.73 Å². The predicted molar refractivity (Wildman–Crippen MR) is 61.8 cm³/mol. The topological polar surface area (TPSA) is 88.7 Å². The van der Waals surface area contributed by atoms with Gasteiger partial charge in [-0.25, -0.2) is 0 Å². The van der Waals surface area contributed by atoms with Crippen LogP contribution in [0.1, 0.15) is 22.6 Å². The van der Waals surface area contributed by atoms with Gasteiger partial charge in [-0.1, -0.05) is 5.16 Å². The molecule has 1 heterocycles. The van der Waals surface area contributed by atoms with Crippen LogP contribution in [0.3, 0.4) is 0 Å². The second-order valence-corrected chi connectivity index (χ2v) is 3.79. The number of nitriles is 1. The fourth-order valence-electron chi connectivity index (χ4n) is 1.56. The molecular formula is C12H12N4O. The SMILES string of the molecule is Cc1cc(-c2noc(CN)n2)cc(C#N)c1C. The molecule has 5 heteroatoms. The number of benzene rings is 1. The van der Waals surface area contributed by atoms with Gasteiger partial charge in [0.15, 0.2) is 0 Å². The first-order valence-electron chi connectivity index (χ1n) is 5.20. The summed E-state index contributed by atoms with van der Waals surface area (Å²) in [6.45, 7) is 4.08. The Bertz CT molecular complexity index is 595. The lowest BCUT2D eigenvalue weighted by molar-refractivity contribution is 0.380. The lowest BCUT2D eigenvalue weighted by atomic mass is 10.00. The van der Waals surface area contributed by atoms with Crippen molar-refractivity contribution in [3.63, 3.8) is 0 Å². The Morgan fingerprint density at radius 1 is 1.41 bits per heavy atom. The highest BCUT2D eigenvalue weighted by Crippen LogP contribution is 2.22. The summed E-state index contributed by atoms with van der Waals surface area (Å²) in [6, 6.07) is 5.85. The van der Waals surface area contributed by atoms with E-state index in [0.717, 1.165) is 16.7 Å². The second-order valence-electron chi connectivity index (χ2n) is 3.79. The smallest absolute Gasteiger partial charge is 0.240 e. The Hall–Kier alpha value is -2.19. The van der Waals surface area contributed by atoms with Gasteiger partial charge in [0.05, 0.1) is 18.2 Å². The summed E-state index contributed by atoms with van der Waals surface area (Å²) in [5.74, 6) is 0.849. The van der Waals surface area contributed by atoms with Gasteiger partial charge in [-0.3, -0.25) is 0 Å². The highest BCUT2D eigenvalue weighted by atomic mass is 16.5. The molecule has 0 unspecified atom stereocenters. The third-order valence-corrected chi connectivity index (χ3v) is 2.69. The van der Waals surface area contributed by atoms with Gasteiger partial charge in [-0.2, -0.15) is 10.2 Å². The third-order valence-electron chi connectivity index (χ3n) is 2.69. The molecule has 0 fully saturated rings. The van der Waals surface area contributed by atoms with Crippen LogP contribution in [0, 0.1) is 25.2 Å². The third kappa shape index (κ3) is 2.03. The van der Waals surface area contributed by atoms with Gasteiger partial charge in [-0.15, -0.1) is 0 Å². The Morgan fingerprint density at radius 2 is 2.18 bits per heavy atom. The molecule has 2 N–H and O–H groups in total. The van der Waals surface area contributed by atoms with Crippen LogP contribution in [-0.4, -0.2) is 10.1 Å². The van der Waals surface area contributed by atoms with Crippen LogP contribution >= 0.6 is 0 Å². The second kappa shape index (κ2) is 4.36. The maximum atomic E-state index is 9.03.